The molecule has 0 saturated heterocycles. The molecule has 0 bridgehead atoms. The molecule has 0 fully saturated rings. The summed E-state index contributed by atoms with van der Waals surface area (Å²) < 4.78 is 15.7. The Bertz CT molecular complexity index is 2160. The van der Waals surface area contributed by atoms with E-state index in [4.69, 9.17) is 0 Å². The van der Waals surface area contributed by atoms with Gasteiger partial charge in [0.2, 0.25) is 0 Å². The molecule has 6 aliphatic rings. The van der Waals surface area contributed by atoms with Gasteiger partial charge in [-0.1, -0.05) is 113 Å². The van der Waals surface area contributed by atoms with Gasteiger partial charge in [-0.2, -0.15) is 0 Å². The normalized spacial score (nSPS) is 23.2. The minimum atomic E-state index is -0.185. The second kappa shape index (κ2) is 8.82. The highest BCUT2D eigenvalue weighted by atomic mass is 19.1. The standard InChI is InChI=1S/C42H36BFN2/c1-41(2)27-14-6-9-21-34(27)45-36-23-25(26-13-5-8-20-33(26)44)24-37-38(36)43(31-18-11-16-29(41)39(31)45)32-19-12-17-30-40(32)46(37)35-22-10-7-15-28(35)42(30,3)4/h5-11,13-16,18-24,27,34H,12,17H2,1-4H3. The van der Waals surface area contributed by atoms with E-state index in [1.54, 1.807) is 12.1 Å². The van der Waals surface area contributed by atoms with Crippen LogP contribution in [0.25, 0.3) is 11.1 Å². The highest BCUT2D eigenvalue weighted by Gasteiger charge is 2.54. The first-order valence-corrected chi connectivity index (χ1v) is 16.8. The molecule has 0 radical (unpaired) electrons. The number of benzene rings is 4. The molecule has 0 spiro atoms. The number of para-hydroxylation sites is 2. The molecule has 0 amide bonds. The molecule has 2 unspecified atom stereocenters. The van der Waals surface area contributed by atoms with Crippen LogP contribution in [0.1, 0.15) is 51.7 Å². The van der Waals surface area contributed by atoms with Gasteiger partial charge in [0.15, 0.2) is 0 Å². The Morgan fingerprint density at radius 3 is 2.43 bits per heavy atom. The number of hydrogen-bond donors (Lipinski definition) is 0. The van der Waals surface area contributed by atoms with Gasteiger partial charge in [-0.3, -0.25) is 0 Å². The number of rotatable bonds is 1. The van der Waals surface area contributed by atoms with Crippen molar-refractivity contribution >= 4 is 40.4 Å². The van der Waals surface area contributed by atoms with E-state index in [0.29, 0.717) is 11.5 Å². The van der Waals surface area contributed by atoms with Gasteiger partial charge < -0.3 is 9.80 Å². The lowest BCUT2D eigenvalue weighted by atomic mass is 9.31. The largest absolute Gasteiger partial charge is 0.334 e. The zero-order chi connectivity index (χ0) is 31.1. The number of nitrogens with zero attached hydrogens (tertiary/aromatic N) is 2. The SMILES string of the molecule is CC1(C)C2=C3C(=CCC2)B2c4cccc5c4N(c4cc(-c6ccccc6F)cc(c42)N3c2ccccc21)C1C=CC=CC1C5(C)C. The molecule has 224 valence electrons. The summed E-state index contributed by atoms with van der Waals surface area (Å²) in [5.41, 5.74) is 16.2. The van der Waals surface area contributed by atoms with Crippen molar-refractivity contribution in [2.75, 3.05) is 9.80 Å². The molecule has 2 atom stereocenters. The van der Waals surface area contributed by atoms with E-state index in [-0.39, 0.29) is 29.4 Å². The van der Waals surface area contributed by atoms with Gasteiger partial charge in [0.1, 0.15) is 5.82 Å². The van der Waals surface area contributed by atoms with Crippen LogP contribution in [0.5, 0.6) is 0 Å². The van der Waals surface area contributed by atoms with Crippen LogP contribution < -0.4 is 20.7 Å². The van der Waals surface area contributed by atoms with Crippen LogP contribution in [0.4, 0.5) is 27.1 Å². The van der Waals surface area contributed by atoms with Crippen LogP contribution in [0.15, 0.2) is 126 Å². The fourth-order valence-electron chi connectivity index (χ4n) is 9.95. The van der Waals surface area contributed by atoms with Crippen LogP contribution in [-0.4, -0.2) is 12.8 Å². The van der Waals surface area contributed by atoms with Gasteiger partial charge in [0.25, 0.3) is 6.71 Å². The quantitative estimate of drug-likeness (QED) is 0.202. The highest BCUT2D eigenvalue weighted by molar-refractivity contribution is 6.96. The third-order valence-electron chi connectivity index (χ3n) is 12.1. The first-order chi connectivity index (χ1) is 22.3. The predicted octanol–water partition coefficient (Wildman–Crippen LogP) is 8.91. The molecule has 2 nitrogen and oxygen atoms in total. The van der Waals surface area contributed by atoms with Crippen LogP contribution in [0.2, 0.25) is 0 Å². The number of hydrogen-bond acceptors (Lipinski definition) is 2. The second-order valence-electron chi connectivity index (χ2n) is 15.0. The molecular weight excluding hydrogens is 562 g/mol. The first kappa shape index (κ1) is 26.6. The van der Waals surface area contributed by atoms with E-state index in [1.165, 1.54) is 61.5 Å². The summed E-state index contributed by atoms with van der Waals surface area (Å²) in [6.45, 7) is 9.76. The second-order valence-corrected chi connectivity index (χ2v) is 15.0. The minimum absolute atomic E-state index is 0.0465. The van der Waals surface area contributed by atoms with Gasteiger partial charge >= 0.3 is 0 Å². The van der Waals surface area contributed by atoms with Crippen molar-refractivity contribution in [3.8, 4) is 11.1 Å². The smallest absolute Gasteiger partial charge is 0.251 e. The Morgan fingerprint density at radius 2 is 1.57 bits per heavy atom. The third kappa shape index (κ3) is 3.13. The monoisotopic (exact) mass is 598 g/mol. The molecule has 4 aliphatic heterocycles. The lowest BCUT2D eigenvalue weighted by Crippen LogP contribution is -2.63. The molecule has 4 heteroatoms. The van der Waals surface area contributed by atoms with Gasteiger partial charge in [0.05, 0.1) is 11.7 Å². The summed E-state index contributed by atoms with van der Waals surface area (Å²) in [6.07, 6.45) is 13.8. The Hall–Kier alpha value is -4.57. The average Bonchev–Trinajstić information content (AvgIpc) is 3.07. The molecule has 0 saturated carbocycles. The Labute approximate surface area is 271 Å². The zero-order valence-electron chi connectivity index (χ0n) is 26.8. The summed E-state index contributed by atoms with van der Waals surface area (Å²) >= 11 is 0. The minimum Gasteiger partial charge on any atom is -0.334 e. The molecule has 46 heavy (non-hydrogen) atoms. The fourth-order valence-corrected chi connectivity index (χ4v) is 9.95. The zero-order valence-corrected chi connectivity index (χ0v) is 26.8. The summed E-state index contributed by atoms with van der Waals surface area (Å²) in [6, 6.07) is 28.0. The Morgan fingerprint density at radius 1 is 0.804 bits per heavy atom. The van der Waals surface area contributed by atoms with Crippen molar-refractivity contribution in [2.24, 2.45) is 5.92 Å². The highest BCUT2D eigenvalue weighted by Crippen LogP contribution is 2.58. The summed E-state index contributed by atoms with van der Waals surface area (Å²) in [4.78, 5) is 5.18. The summed E-state index contributed by atoms with van der Waals surface area (Å²) in [5.74, 6) is 0.121. The molecule has 4 heterocycles. The summed E-state index contributed by atoms with van der Waals surface area (Å²) in [5, 5.41) is 0. The van der Waals surface area contributed by atoms with E-state index in [2.05, 4.69) is 122 Å². The van der Waals surface area contributed by atoms with Gasteiger partial charge in [-0.05, 0) is 75.8 Å². The third-order valence-corrected chi connectivity index (χ3v) is 12.1. The molecule has 4 aromatic rings. The number of anilines is 4. The van der Waals surface area contributed by atoms with Crippen LogP contribution in [0.3, 0.4) is 0 Å². The summed E-state index contributed by atoms with van der Waals surface area (Å²) in [7, 11) is 0. The average molecular weight is 599 g/mol. The van der Waals surface area contributed by atoms with Gasteiger partial charge in [-0.15, -0.1) is 0 Å². The first-order valence-electron chi connectivity index (χ1n) is 16.8. The van der Waals surface area contributed by atoms with Crippen LogP contribution in [-0.2, 0) is 10.8 Å². The molecule has 4 aromatic carbocycles. The van der Waals surface area contributed by atoms with E-state index in [0.717, 1.165) is 18.4 Å². The Balaban J connectivity index is 1.38. The van der Waals surface area contributed by atoms with Crippen LogP contribution >= 0.6 is 0 Å². The molecule has 2 aliphatic carbocycles. The molecule has 0 N–H and O–H groups in total. The van der Waals surface area contributed by atoms with Gasteiger partial charge in [0, 0.05) is 45.1 Å². The maximum Gasteiger partial charge on any atom is 0.251 e. The predicted molar refractivity (Wildman–Crippen MR) is 190 cm³/mol. The number of halogens is 1. The maximum atomic E-state index is 15.7. The van der Waals surface area contributed by atoms with Crippen molar-refractivity contribution in [1.29, 1.82) is 0 Å². The number of fused-ring (bicyclic) bond motifs is 8. The topological polar surface area (TPSA) is 6.48 Å². The van der Waals surface area contributed by atoms with Gasteiger partial charge in [-0.25, -0.2) is 4.39 Å². The van der Waals surface area contributed by atoms with Crippen molar-refractivity contribution in [3.05, 3.63) is 143 Å². The Kier molecular flexibility index (Phi) is 5.11. The van der Waals surface area contributed by atoms with E-state index >= 15 is 4.39 Å². The fraction of sp³-hybridized carbons (Fsp3) is 0.238. The lowest BCUT2D eigenvalue weighted by Gasteiger charge is -2.57. The van der Waals surface area contributed by atoms with Crippen molar-refractivity contribution in [1.82, 2.24) is 0 Å². The molecule has 10 rings (SSSR count). The van der Waals surface area contributed by atoms with E-state index in [9.17, 15) is 0 Å². The van der Waals surface area contributed by atoms with Crippen molar-refractivity contribution < 1.29 is 4.39 Å². The van der Waals surface area contributed by atoms with E-state index in [1.807, 2.05) is 12.1 Å². The molecule has 0 aromatic heterocycles. The maximum absolute atomic E-state index is 15.7. The number of allylic oxidation sites excluding steroid dienone is 5. The van der Waals surface area contributed by atoms with Crippen LogP contribution in [0, 0.1) is 11.7 Å². The van der Waals surface area contributed by atoms with Crippen molar-refractivity contribution in [2.45, 2.75) is 57.4 Å². The van der Waals surface area contributed by atoms with E-state index < -0.39 is 0 Å². The molecular formula is C42H36BFN2. The van der Waals surface area contributed by atoms with Crippen molar-refractivity contribution in [3.63, 3.8) is 0 Å². The lowest BCUT2D eigenvalue weighted by molar-refractivity contribution is 0.332.